The summed E-state index contributed by atoms with van der Waals surface area (Å²) in [5, 5.41) is 35.6. The minimum absolute atomic E-state index is 0.0375. The zero-order chi connectivity index (χ0) is 20.4. The third kappa shape index (κ3) is 6.09. The van der Waals surface area contributed by atoms with Gasteiger partial charge in [0, 0.05) is 31.6 Å². The standard InChI is InChI=1S/C14H17N7O.C4H9NO/c1-14(2,8-22)13-10(16-3)4-11(20-21-13)19-12-7-17-9(5-15)6-18-12;1-3-6-4-2-5-1/h4,6-7,22H,8H2,1-3H3,(H2,16,18,19,20);5H,1-4H2. The highest BCUT2D eigenvalue weighted by Crippen LogP contribution is 2.28. The Hall–Kier alpha value is -2.87. The summed E-state index contributed by atoms with van der Waals surface area (Å²) in [6.45, 7) is 7.57. The zero-order valence-corrected chi connectivity index (χ0v) is 16.4. The first kappa shape index (κ1) is 21.4. The second kappa shape index (κ2) is 10.5. The van der Waals surface area contributed by atoms with Crippen molar-refractivity contribution < 1.29 is 9.84 Å². The largest absolute Gasteiger partial charge is 0.395 e. The third-order valence-corrected chi connectivity index (χ3v) is 3.97. The average molecular weight is 386 g/mol. The van der Waals surface area contributed by atoms with Crippen LogP contribution in [0.25, 0.3) is 0 Å². The van der Waals surface area contributed by atoms with E-state index in [1.165, 1.54) is 12.4 Å². The molecule has 1 aliphatic heterocycles. The van der Waals surface area contributed by atoms with E-state index in [0.29, 0.717) is 17.3 Å². The monoisotopic (exact) mass is 386 g/mol. The number of hydrogen-bond acceptors (Lipinski definition) is 10. The van der Waals surface area contributed by atoms with Crippen LogP contribution in [0.5, 0.6) is 0 Å². The fraction of sp³-hybridized carbons (Fsp3) is 0.500. The summed E-state index contributed by atoms with van der Waals surface area (Å²) in [7, 11) is 1.78. The van der Waals surface area contributed by atoms with Gasteiger partial charge >= 0.3 is 0 Å². The van der Waals surface area contributed by atoms with E-state index in [1.54, 1.807) is 13.1 Å². The van der Waals surface area contributed by atoms with Gasteiger partial charge in [0.05, 0.1) is 43.6 Å². The first-order valence-electron chi connectivity index (χ1n) is 8.94. The fourth-order valence-corrected chi connectivity index (χ4v) is 2.32. The van der Waals surface area contributed by atoms with Crippen molar-refractivity contribution >= 4 is 17.3 Å². The van der Waals surface area contributed by atoms with Crippen molar-refractivity contribution in [2.75, 3.05) is 50.6 Å². The van der Waals surface area contributed by atoms with Crippen LogP contribution in [0.4, 0.5) is 17.3 Å². The van der Waals surface area contributed by atoms with Gasteiger partial charge in [0.25, 0.3) is 0 Å². The SMILES string of the molecule is C1COCCN1.CNc1cc(Nc2cnc(C#N)cn2)nnc1C(C)(C)CO. The molecule has 3 rings (SSSR count). The Morgan fingerprint density at radius 1 is 1.21 bits per heavy atom. The molecule has 0 radical (unpaired) electrons. The summed E-state index contributed by atoms with van der Waals surface area (Å²) in [6, 6.07) is 3.68. The van der Waals surface area contributed by atoms with Gasteiger partial charge in [0.1, 0.15) is 11.9 Å². The Labute approximate surface area is 164 Å². The molecule has 0 saturated carbocycles. The molecule has 10 nitrogen and oxygen atoms in total. The summed E-state index contributed by atoms with van der Waals surface area (Å²) in [6.07, 6.45) is 2.82. The molecule has 10 heteroatoms. The molecule has 0 bridgehead atoms. The molecule has 0 amide bonds. The lowest BCUT2D eigenvalue weighted by Crippen LogP contribution is -2.30. The fourth-order valence-electron chi connectivity index (χ4n) is 2.32. The van der Waals surface area contributed by atoms with Crippen molar-refractivity contribution in [1.82, 2.24) is 25.5 Å². The Balaban J connectivity index is 0.000000397. The van der Waals surface area contributed by atoms with Crippen LogP contribution in [0.2, 0.25) is 0 Å². The van der Waals surface area contributed by atoms with E-state index in [4.69, 9.17) is 10.00 Å². The predicted octanol–water partition coefficient (Wildman–Crippen LogP) is 0.800. The number of nitrogens with one attached hydrogen (secondary N) is 3. The topological polar surface area (TPSA) is 141 Å². The number of aliphatic hydroxyl groups is 1. The molecular weight excluding hydrogens is 360 g/mol. The molecule has 150 valence electrons. The van der Waals surface area contributed by atoms with Gasteiger partial charge < -0.3 is 25.8 Å². The van der Waals surface area contributed by atoms with Gasteiger partial charge in [0.2, 0.25) is 0 Å². The van der Waals surface area contributed by atoms with Crippen LogP contribution in [-0.4, -0.2) is 65.2 Å². The molecule has 0 aliphatic carbocycles. The molecule has 1 fully saturated rings. The number of rotatable bonds is 5. The Kier molecular flexibility index (Phi) is 8.01. The second-order valence-corrected chi connectivity index (χ2v) is 6.67. The molecule has 1 aliphatic rings. The third-order valence-electron chi connectivity index (χ3n) is 3.97. The van der Waals surface area contributed by atoms with Crippen molar-refractivity contribution in [3.63, 3.8) is 0 Å². The van der Waals surface area contributed by atoms with E-state index in [-0.39, 0.29) is 12.3 Å². The molecule has 1 saturated heterocycles. The summed E-state index contributed by atoms with van der Waals surface area (Å²) in [5.41, 5.74) is 1.18. The van der Waals surface area contributed by atoms with Crippen LogP contribution in [0.3, 0.4) is 0 Å². The van der Waals surface area contributed by atoms with E-state index in [2.05, 4.69) is 36.1 Å². The van der Waals surface area contributed by atoms with Gasteiger partial charge in [-0.25, -0.2) is 9.97 Å². The van der Waals surface area contributed by atoms with E-state index >= 15 is 0 Å². The molecular formula is C18H26N8O2. The predicted molar refractivity (Wildman–Crippen MR) is 105 cm³/mol. The van der Waals surface area contributed by atoms with Gasteiger partial charge in [0.15, 0.2) is 11.5 Å². The minimum Gasteiger partial charge on any atom is -0.395 e. The van der Waals surface area contributed by atoms with Crippen LogP contribution < -0.4 is 16.0 Å². The highest BCUT2D eigenvalue weighted by Gasteiger charge is 2.25. The summed E-state index contributed by atoms with van der Waals surface area (Å²) in [5.74, 6) is 0.949. The van der Waals surface area contributed by atoms with Gasteiger partial charge in [-0.2, -0.15) is 10.4 Å². The van der Waals surface area contributed by atoms with Gasteiger partial charge in [-0.1, -0.05) is 13.8 Å². The summed E-state index contributed by atoms with van der Waals surface area (Å²) < 4.78 is 5.01. The Morgan fingerprint density at radius 2 is 1.96 bits per heavy atom. The lowest BCUT2D eigenvalue weighted by atomic mass is 9.89. The van der Waals surface area contributed by atoms with Gasteiger partial charge in [-0.3, -0.25) is 0 Å². The van der Waals surface area contributed by atoms with Gasteiger partial charge in [-0.05, 0) is 0 Å². The molecule has 28 heavy (non-hydrogen) atoms. The number of hydrogen-bond donors (Lipinski definition) is 4. The minimum atomic E-state index is -0.502. The number of nitriles is 1. The molecule has 2 aromatic rings. The van der Waals surface area contributed by atoms with E-state index in [1.807, 2.05) is 19.9 Å². The van der Waals surface area contributed by atoms with Crippen molar-refractivity contribution in [3.8, 4) is 6.07 Å². The number of nitrogens with zero attached hydrogens (tertiary/aromatic N) is 5. The number of aliphatic hydroxyl groups excluding tert-OH is 1. The first-order valence-corrected chi connectivity index (χ1v) is 8.94. The highest BCUT2D eigenvalue weighted by atomic mass is 16.5. The van der Waals surface area contributed by atoms with E-state index in [9.17, 15) is 5.11 Å². The van der Waals surface area contributed by atoms with Crippen molar-refractivity contribution in [2.24, 2.45) is 0 Å². The van der Waals surface area contributed by atoms with Crippen LogP contribution in [0.15, 0.2) is 18.5 Å². The quantitative estimate of drug-likeness (QED) is 0.583. The van der Waals surface area contributed by atoms with E-state index in [0.717, 1.165) is 32.0 Å². The second-order valence-electron chi connectivity index (χ2n) is 6.67. The first-order chi connectivity index (χ1) is 13.5. The molecule has 0 atom stereocenters. The van der Waals surface area contributed by atoms with Crippen molar-refractivity contribution in [1.29, 1.82) is 5.26 Å². The summed E-state index contributed by atoms with van der Waals surface area (Å²) >= 11 is 0. The van der Waals surface area contributed by atoms with Crippen LogP contribution in [0, 0.1) is 11.3 Å². The highest BCUT2D eigenvalue weighted by molar-refractivity contribution is 5.60. The van der Waals surface area contributed by atoms with Crippen LogP contribution >= 0.6 is 0 Å². The number of morpholine rings is 1. The Morgan fingerprint density at radius 3 is 2.43 bits per heavy atom. The summed E-state index contributed by atoms with van der Waals surface area (Å²) in [4.78, 5) is 7.99. The van der Waals surface area contributed by atoms with Crippen LogP contribution in [0.1, 0.15) is 25.2 Å². The van der Waals surface area contributed by atoms with Crippen LogP contribution in [-0.2, 0) is 10.2 Å². The van der Waals surface area contributed by atoms with E-state index < -0.39 is 5.41 Å². The lowest BCUT2D eigenvalue weighted by molar-refractivity contribution is 0.109. The zero-order valence-electron chi connectivity index (χ0n) is 16.4. The van der Waals surface area contributed by atoms with Crippen molar-refractivity contribution in [2.45, 2.75) is 19.3 Å². The molecule has 0 spiro atoms. The maximum atomic E-state index is 9.47. The molecule has 3 heterocycles. The molecule has 0 unspecified atom stereocenters. The number of ether oxygens (including phenoxy) is 1. The van der Waals surface area contributed by atoms with Gasteiger partial charge in [-0.15, -0.1) is 5.10 Å². The smallest absolute Gasteiger partial charge is 0.158 e. The number of aromatic nitrogens is 4. The molecule has 2 aromatic heterocycles. The van der Waals surface area contributed by atoms with Crippen molar-refractivity contribution in [3.05, 3.63) is 29.8 Å². The lowest BCUT2D eigenvalue weighted by Gasteiger charge is -2.23. The normalized spacial score (nSPS) is 13.7. The Bertz CT molecular complexity index is 774. The maximum Gasteiger partial charge on any atom is 0.158 e. The number of anilines is 3. The maximum absolute atomic E-state index is 9.47. The average Bonchev–Trinajstić information content (AvgIpc) is 2.75. The molecule has 4 N–H and O–H groups in total. The molecule has 0 aromatic carbocycles.